The minimum Gasteiger partial charge on any atom is -0.495 e. The second-order valence-corrected chi connectivity index (χ2v) is 5.32. The van der Waals surface area contributed by atoms with Crippen LogP contribution in [-0.2, 0) is 4.79 Å². The molecule has 1 saturated heterocycles. The van der Waals surface area contributed by atoms with E-state index in [0.717, 1.165) is 30.4 Å². The van der Waals surface area contributed by atoms with Gasteiger partial charge in [-0.1, -0.05) is 12.1 Å². The molecule has 18 heavy (non-hydrogen) atoms. The fourth-order valence-electron chi connectivity index (χ4n) is 1.72. The van der Waals surface area contributed by atoms with Crippen LogP contribution in [-0.4, -0.2) is 37.6 Å². The van der Waals surface area contributed by atoms with Crippen LogP contribution in [0.4, 0.5) is 5.69 Å². The quantitative estimate of drug-likeness (QED) is 0.821. The topological polar surface area (TPSA) is 50.4 Å². The fourth-order valence-corrected chi connectivity index (χ4v) is 2.66. The van der Waals surface area contributed by atoms with Gasteiger partial charge in [0.25, 0.3) is 0 Å². The number of rotatable bonds is 6. The number of amides is 1. The van der Waals surface area contributed by atoms with Gasteiger partial charge in [0, 0.05) is 0 Å². The maximum Gasteiger partial charge on any atom is 0.234 e. The molecule has 0 atom stereocenters. The Balaban J connectivity index is 1.75. The van der Waals surface area contributed by atoms with Gasteiger partial charge in [0.15, 0.2) is 0 Å². The average Bonchev–Trinajstić information content (AvgIpc) is 2.33. The molecule has 98 valence electrons. The number of thioether (sulfide) groups is 1. The Morgan fingerprint density at radius 1 is 1.50 bits per heavy atom. The third-order valence-corrected chi connectivity index (χ3v) is 4.01. The van der Waals surface area contributed by atoms with Gasteiger partial charge in [0.05, 0.1) is 18.6 Å². The van der Waals surface area contributed by atoms with Crippen molar-refractivity contribution in [1.82, 2.24) is 5.32 Å². The largest absolute Gasteiger partial charge is 0.495 e. The summed E-state index contributed by atoms with van der Waals surface area (Å²) in [6.45, 7) is 2.17. The molecule has 1 aromatic carbocycles. The van der Waals surface area contributed by atoms with Crippen LogP contribution in [0.1, 0.15) is 0 Å². The van der Waals surface area contributed by atoms with E-state index in [1.54, 1.807) is 18.9 Å². The second kappa shape index (κ2) is 6.66. The first kappa shape index (κ1) is 13.2. The van der Waals surface area contributed by atoms with Crippen LogP contribution in [0.25, 0.3) is 0 Å². The predicted molar refractivity (Wildman–Crippen MR) is 75.3 cm³/mol. The van der Waals surface area contributed by atoms with Crippen LogP contribution in [0.5, 0.6) is 5.75 Å². The highest BCUT2D eigenvalue weighted by Crippen LogP contribution is 2.23. The van der Waals surface area contributed by atoms with E-state index in [0.29, 0.717) is 11.5 Å². The summed E-state index contributed by atoms with van der Waals surface area (Å²) >= 11 is 1.69. The van der Waals surface area contributed by atoms with Crippen LogP contribution in [0.3, 0.4) is 0 Å². The zero-order valence-electron chi connectivity index (χ0n) is 10.4. The number of hydrogen-bond donors (Lipinski definition) is 2. The molecule has 0 unspecified atom stereocenters. The van der Waals surface area contributed by atoms with Crippen molar-refractivity contribution in [2.45, 2.75) is 0 Å². The summed E-state index contributed by atoms with van der Waals surface area (Å²) in [5.74, 6) is 2.99. The first-order chi connectivity index (χ1) is 8.79. The lowest BCUT2D eigenvalue weighted by atomic mass is 10.1. The van der Waals surface area contributed by atoms with Crippen LogP contribution in [0.15, 0.2) is 24.3 Å². The molecule has 1 fully saturated rings. The highest BCUT2D eigenvalue weighted by molar-refractivity contribution is 7.99. The first-order valence-corrected chi connectivity index (χ1v) is 7.16. The van der Waals surface area contributed by atoms with Gasteiger partial charge in [0.2, 0.25) is 5.91 Å². The third kappa shape index (κ3) is 3.65. The highest BCUT2D eigenvalue weighted by atomic mass is 32.2. The summed E-state index contributed by atoms with van der Waals surface area (Å²) in [5.41, 5.74) is 0.732. The minimum atomic E-state index is 0.0248. The molecular weight excluding hydrogens is 248 g/mol. The number of hydrogen-bond acceptors (Lipinski definition) is 4. The van der Waals surface area contributed by atoms with E-state index < -0.39 is 0 Å². The van der Waals surface area contributed by atoms with E-state index >= 15 is 0 Å². The van der Waals surface area contributed by atoms with E-state index in [2.05, 4.69) is 10.6 Å². The van der Waals surface area contributed by atoms with Crippen molar-refractivity contribution in [3.8, 4) is 5.75 Å². The number of anilines is 1. The molecule has 1 amide bonds. The molecule has 0 radical (unpaired) electrons. The number of benzene rings is 1. The van der Waals surface area contributed by atoms with Crippen LogP contribution >= 0.6 is 11.8 Å². The predicted octanol–water partition coefficient (Wildman–Crippen LogP) is 1.59. The first-order valence-electron chi connectivity index (χ1n) is 6.01. The zero-order valence-corrected chi connectivity index (χ0v) is 11.3. The van der Waals surface area contributed by atoms with Crippen LogP contribution in [0.2, 0.25) is 0 Å². The fraction of sp³-hybridized carbons (Fsp3) is 0.462. The van der Waals surface area contributed by atoms with E-state index in [1.807, 2.05) is 24.3 Å². The van der Waals surface area contributed by atoms with Crippen molar-refractivity contribution in [3.63, 3.8) is 0 Å². The molecule has 5 heteroatoms. The Morgan fingerprint density at radius 2 is 2.28 bits per heavy atom. The molecule has 2 rings (SSSR count). The molecule has 1 aliphatic rings. The van der Waals surface area contributed by atoms with Crippen molar-refractivity contribution in [2.75, 3.05) is 37.0 Å². The van der Waals surface area contributed by atoms with Crippen molar-refractivity contribution in [2.24, 2.45) is 5.92 Å². The van der Waals surface area contributed by atoms with Gasteiger partial charge in [0.1, 0.15) is 5.75 Å². The number of nitrogens with one attached hydrogen (secondary N) is 2. The minimum absolute atomic E-state index is 0.0248. The lowest BCUT2D eigenvalue weighted by Crippen LogP contribution is -2.43. The van der Waals surface area contributed by atoms with Crippen molar-refractivity contribution in [3.05, 3.63) is 24.3 Å². The van der Waals surface area contributed by atoms with E-state index in [9.17, 15) is 4.79 Å². The summed E-state index contributed by atoms with van der Waals surface area (Å²) in [6, 6.07) is 7.44. The summed E-state index contributed by atoms with van der Waals surface area (Å²) in [4.78, 5) is 11.8. The molecule has 0 spiro atoms. The molecule has 1 heterocycles. The van der Waals surface area contributed by atoms with Gasteiger partial charge in [-0.15, -0.1) is 0 Å². The number of carbonyl (C=O) groups excluding carboxylic acids is 1. The monoisotopic (exact) mass is 266 g/mol. The molecule has 1 aromatic rings. The number of ether oxygens (including phenoxy) is 1. The molecule has 0 aromatic heterocycles. The molecule has 4 nitrogen and oxygen atoms in total. The molecule has 0 bridgehead atoms. The maximum atomic E-state index is 11.8. The molecule has 0 saturated carbocycles. The van der Waals surface area contributed by atoms with Gasteiger partial charge in [-0.3, -0.25) is 4.79 Å². The number of carbonyl (C=O) groups is 1. The maximum absolute atomic E-state index is 11.8. The Morgan fingerprint density at radius 3 is 2.94 bits per heavy atom. The SMILES string of the molecule is COc1ccccc1NC(=O)CSCC1CNC1. The summed E-state index contributed by atoms with van der Waals surface area (Å²) < 4.78 is 5.19. The Kier molecular flexibility index (Phi) is 4.90. The summed E-state index contributed by atoms with van der Waals surface area (Å²) in [5, 5.41) is 6.09. The van der Waals surface area contributed by atoms with E-state index in [1.165, 1.54) is 0 Å². The van der Waals surface area contributed by atoms with Crippen LogP contribution < -0.4 is 15.4 Å². The normalized spacial score (nSPS) is 14.9. The second-order valence-electron chi connectivity index (χ2n) is 4.29. The molecule has 1 aliphatic heterocycles. The zero-order chi connectivity index (χ0) is 12.8. The molecule has 2 N–H and O–H groups in total. The lowest BCUT2D eigenvalue weighted by Gasteiger charge is -2.26. The van der Waals surface area contributed by atoms with Crippen LogP contribution in [0, 0.1) is 5.92 Å². The smallest absolute Gasteiger partial charge is 0.234 e. The third-order valence-electron chi connectivity index (χ3n) is 2.83. The number of para-hydroxylation sites is 2. The summed E-state index contributed by atoms with van der Waals surface area (Å²) in [6.07, 6.45) is 0. The molecular formula is C13H18N2O2S. The Bertz CT molecular complexity index is 408. The van der Waals surface area contributed by atoms with Crippen molar-refractivity contribution >= 4 is 23.4 Å². The average molecular weight is 266 g/mol. The van der Waals surface area contributed by atoms with E-state index in [-0.39, 0.29) is 5.91 Å². The van der Waals surface area contributed by atoms with Crippen molar-refractivity contribution < 1.29 is 9.53 Å². The van der Waals surface area contributed by atoms with Crippen molar-refractivity contribution in [1.29, 1.82) is 0 Å². The van der Waals surface area contributed by atoms with Gasteiger partial charge >= 0.3 is 0 Å². The van der Waals surface area contributed by atoms with E-state index in [4.69, 9.17) is 4.74 Å². The van der Waals surface area contributed by atoms with Gasteiger partial charge in [-0.05, 0) is 36.9 Å². The Labute approximate surface area is 111 Å². The molecule has 0 aliphatic carbocycles. The highest BCUT2D eigenvalue weighted by Gasteiger charge is 2.16. The lowest BCUT2D eigenvalue weighted by molar-refractivity contribution is -0.113. The number of methoxy groups -OCH3 is 1. The van der Waals surface area contributed by atoms with Gasteiger partial charge in [-0.2, -0.15) is 11.8 Å². The van der Waals surface area contributed by atoms with Gasteiger partial charge in [-0.25, -0.2) is 0 Å². The standard InChI is InChI=1S/C13H18N2O2S/c1-17-12-5-3-2-4-11(12)15-13(16)9-18-8-10-6-14-7-10/h2-5,10,14H,6-9H2,1H3,(H,15,16). The van der Waals surface area contributed by atoms with Gasteiger partial charge < -0.3 is 15.4 Å². The summed E-state index contributed by atoms with van der Waals surface area (Å²) in [7, 11) is 1.60. The Hall–Kier alpha value is -1.20.